The molecule has 4 aromatic carbocycles. The number of fused-ring (bicyclic) bond motifs is 4. The number of hydrazine groups is 1. The molecule has 0 aromatic heterocycles. The number of allylic oxidation sites excluding steroid dienone is 2. The minimum atomic E-state index is -1.48. The lowest BCUT2D eigenvalue weighted by Crippen LogP contribution is -2.53. The van der Waals surface area contributed by atoms with Crippen LogP contribution in [0.2, 0.25) is 0 Å². The third-order valence-corrected chi connectivity index (χ3v) is 11.8. The van der Waals surface area contributed by atoms with E-state index in [2.05, 4.69) is 21.4 Å². The number of nitrogens with one attached hydrogen (secondary N) is 1. The third kappa shape index (κ3) is 4.89. The highest BCUT2D eigenvalue weighted by Crippen LogP contribution is 2.65. The molecule has 2 heterocycles. The van der Waals surface area contributed by atoms with Crippen molar-refractivity contribution in [3.8, 4) is 17.2 Å². The summed E-state index contributed by atoms with van der Waals surface area (Å²) >= 11 is 3.44. The van der Waals surface area contributed by atoms with Gasteiger partial charge in [0.05, 0.1) is 48.8 Å². The Labute approximate surface area is 309 Å². The fourth-order valence-corrected chi connectivity index (χ4v) is 9.31. The van der Waals surface area contributed by atoms with Gasteiger partial charge < -0.3 is 14.6 Å². The first-order valence-electron chi connectivity index (χ1n) is 17.2. The molecule has 8 rings (SSSR count). The van der Waals surface area contributed by atoms with Crippen LogP contribution in [0, 0.1) is 30.6 Å². The summed E-state index contributed by atoms with van der Waals surface area (Å²) in [6.45, 7) is 1.95. The molecule has 10 nitrogen and oxygen atoms in total. The number of aryl methyl sites for hydroxylation is 1. The van der Waals surface area contributed by atoms with E-state index in [1.54, 1.807) is 36.4 Å². The van der Waals surface area contributed by atoms with Crippen molar-refractivity contribution in [2.24, 2.45) is 23.7 Å². The fourth-order valence-electron chi connectivity index (χ4n) is 9.05. The standard InChI is InChI=1S/C41H36BrN3O7/c1-22-9-13-26(14-10-22)43-45-38(48)31-21-30-28(17-18-29-34(30)39(49)44(37(29)47)27-15-11-25(42)12-16-27)35(23-19-32(51-2)36(46)33(20-23)52-3)41(31,40(45)50)24-7-5-4-6-8-24/h4-17,19-20,29-31,34-35,43,46H,18,21H2,1-3H3/t29-,30+,31-,34-,35-,41+/m0/s1. The maximum Gasteiger partial charge on any atom is 0.260 e. The number of phenols is 1. The normalized spacial score (nSPS) is 26.5. The summed E-state index contributed by atoms with van der Waals surface area (Å²) in [5.41, 5.74) is 5.69. The zero-order valence-electron chi connectivity index (χ0n) is 28.7. The number of benzene rings is 4. The average Bonchev–Trinajstić information content (AvgIpc) is 3.54. The Morgan fingerprint density at radius 3 is 2.12 bits per heavy atom. The van der Waals surface area contributed by atoms with Gasteiger partial charge in [0, 0.05) is 10.4 Å². The molecular formula is C41H36BrN3O7. The average molecular weight is 763 g/mol. The van der Waals surface area contributed by atoms with E-state index in [0.717, 1.165) is 20.6 Å². The molecule has 0 spiro atoms. The Morgan fingerprint density at radius 2 is 1.48 bits per heavy atom. The molecule has 0 bridgehead atoms. The van der Waals surface area contributed by atoms with Crippen molar-refractivity contribution in [2.75, 3.05) is 24.5 Å². The Hall–Kier alpha value is -5.42. The number of rotatable bonds is 7. The first-order chi connectivity index (χ1) is 25.1. The summed E-state index contributed by atoms with van der Waals surface area (Å²) in [7, 11) is 2.86. The monoisotopic (exact) mass is 761 g/mol. The maximum absolute atomic E-state index is 15.4. The van der Waals surface area contributed by atoms with E-state index in [1.807, 2.05) is 67.6 Å². The van der Waals surface area contributed by atoms with Gasteiger partial charge in [-0.15, -0.1) is 0 Å². The van der Waals surface area contributed by atoms with Gasteiger partial charge in [-0.05, 0) is 85.3 Å². The lowest BCUT2D eigenvalue weighted by atomic mass is 9.49. The SMILES string of the molecule is COc1cc([C@H]2C3=CC[C@@H]4C(=O)N(c5ccc(Br)cc5)C(=O)[C@@H]4[C@@H]3C[C@H]3C(=O)N(Nc4ccc(C)cc4)C(=O)[C@@]23c2ccccc2)cc(OC)c1O. The van der Waals surface area contributed by atoms with Gasteiger partial charge in [0.1, 0.15) is 0 Å². The van der Waals surface area contributed by atoms with Crippen molar-refractivity contribution in [1.29, 1.82) is 0 Å². The van der Waals surface area contributed by atoms with Crippen LogP contribution in [0.4, 0.5) is 11.4 Å². The second-order valence-corrected chi connectivity index (χ2v) is 14.8. The van der Waals surface area contributed by atoms with E-state index in [4.69, 9.17) is 9.47 Å². The number of anilines is 2. The third-order valence-electron chi connectivity index (χ3n) is 11.3. The molecule has 0 unspecified atom stereocenters. The van der Waals surface area contributed by atoms with Crippen LogP contribution >= 0.6 is 15.9 Å². The second-order valence-electron chi connectivity index (χ2n) is 13.9. The number of aromatic hydroxyl groups is 1. The van der Waals surface area contributed by atoms with E-state index in [9.17, 15) is 19.5 Å². The summed E-state index contributed by atoms with van der Waals surface area (Å²) in [6.07, 6.45) is 2.43. The number of hydrogen-bond donors (Lipinski definition) is 2. The molecule has 11 heteroatoms. The number of amides is 4. The minimum absolute atomic E-state index is 0.130. The first-order valence-corrected chi connectivity index (χ1v) is 17.9. The Bertz CT molecular complexity index is 2130. The maximum atomic E-state index is 15.4. The molecule has 3 fully saturated rings. The zero-order valence-corrected chi connectivity index (χ0v) is 30.3. The molecule has 1 saturated carbocycles. The molecule has 0 radical (unpaired) electrons. The second kappa shape index (κ2) is 12.7. The number of hydrogen-bond acceptors (Lipinski definition) is 8. The predicted octanol–water partition coefficient (Wildman–Crippen LogP) is 6.67. The number of halogens is 1. The van der Waals surface area contributed by atoms with Gasteiger partial charge in [0.25, 0.3) is 11.8 Å². The van der Waals surface area contributed by atoms with E-state index in [1.165, 1.54) is 19.1 Å². The number of carbonyl (C=O) groups excluding carboxylic acids is 4. The molecule has 4 aromatic rings. The molecule has 2 N–H and O–H groups in total. The van der Waals surface area contributed by atoms with Crippen LogP contribution in [0.1, 0.15) is 35.4 Å². The van der Waals surface area contributed by atoms with Gasteiger partial charge in [-0.3, -0.25) is 29.5 Å². The van der Waals surface area contributed by atoms with Gasteiger partial charge in [-0.2, -0.15) is 5.01 Å². The number of imide groups is 2. The molecular weight excluding hydrogens is 726 g/mol. The Morgan fingerprint density at radius 1 is 0.827 bits per heavy atom. The highest BCUT2D eigenvalue weighted by molar-refractivity contribution is 9.10. The number of methoxy groups -OCH3 is 2. The summed E-state index contributed by atoms with van der Waals surface area (Å²) in [6, 6.07) is 27.1. The van der Waals surface area contributed by atoms with Crippen LogP contribution < -0.4 is 19.8 Å². The lowest BCUT2D eigenvalue weighted by Gasteiger charge is -2.50. The smallest absolute Gasteiger partial charge is 0.260 e. The number of carbonyl (C=O) groups is 4. The van der Waals surface area contributed by atoms with Crippen molar-refractivity contribution >= 4 is 50.9 Å². The summed E-state index contributed by atoms with van der Waals surface area (Å²) in [5.74, 6) is -5.11. The van der Waals surface area contributed by atoms with Gasteiger partial charge in [-0.1, -0.05) is 75.6 Å². The van der Waals surface area contributed by atoms with E-state index in [-0.39, 0.29) is 41.9 Å². The summed E-state index contributed by atoms with van der Waals surface area (Å²) < 4.78 is 12.0. The molecule has 52 heavy (non-hydrogen) atoms. The van der Waals surface area contributed by atoms with Gasteiger partial charge in [-0.25, -0.2) is 0 Å². The first kappa shape index (κ1) is 33.7. The molecule has 4 amide bonds. The Balaban J connectivity index is 1.35. The predicted molar refractivity (Wildman–Crippen MR) is 197 cm³/mol. The van der Waals surface area contributed by atoms with Crippen LogP contribution in [-0.2, 0) is 24.6 Å². The molecule has 2 aliphatic heterocycles. The minimum Gasteiger partial charge on any atom is -0.502 e. The largest absolute Gasteiger partial charge is 0.502 e. The van der Waals surface area contributed by atoms with Gasteiger partial charge >= 0.3 is 0 Å². The lowest BCUT2D eigenvalue weighted by molar-refractivity contribution is -0.138. The Kier molecular flexibility index (Phi) is 8.21. The van der Waals surface area contributed by atoms with Crippen molar-refractivity contribution in [1.82, 2.24) is 5.01 Å². The molecule has 2 saturated heterocycles. The van der Waals surface area contributed by atoms with Crippen LogP contribution in [0.3, 0.4) is 0 Å². The van der Waals surface area contributed by atoms with Crippen molar-refractivity contribution < 1.29 is 33.8 Å². The molecule has 264 valence electrons. The van der Waals surface area contributed by atoms with Crippen molar-refractivity contribution in [3.05, 3.63) is 124 Å². The van der Waals surface area contributed by atoms with Crippen LogP contribution in [-0.4, -0.2) is 48.0 Å². The topological polar surface area (TPSA) is 125 Å². The number of ether oxygens (including phenoxy) is 2. The van der Waals surface area contributed by atoms with E-state index >= 15 is 4.79 Å². The van der Waals surface area contributed by atoms with Crippen LogP contribution in [0.25, 0.3) is 0 Å². The fraction of sp³-hybridized carbons (Fsp3) is 0.268. The quantitative estimate of drug-likeness (QED) is 0.158. The van der Waals surface area contributed by atoms with Gasteiger partial charge in [0.15, 0.2) is 11.5 Å². The van der Waals surface area contributed by atoms with Crippen molar-refractivity contribution in [3.63, 3.8) is 0 Å². The molecule has 6 atom stereocenters. The van der Waals surface area contributed by atoms with Crippen LogP contribution in [0.5, 0.6) is 17.2 Å². The van der Waals surface area contributed by atoms with Crippen molar-refractivity contribution in [2.45, 2.75) is 31.1 Å². The molecule has 2 aliphatic carbocycles. The summed E-state index contributed by atoms with van der Waals surface area (Å²) in [4.78, 5) is 60.1. The van der Waals surface area contributed by atoms with E-state index < -0.39 is 46.8 Å². The van der Waals surface area contributed by atoms with Gasteiger partial charge in [0.2, 0.25) is 17.6 Å². The number of nitrogens with zero attached hydrogens (tertiary/aromatic N) is 2. The van der Waals surface area contributed by atoms with Crippen LogP contribution in [0.15, 0.2) is 107 Å². The molecule has 4 aliphatic rings. The highest BCUT2D eigenvalue weighted by Gasteiger charge is 2.70. The van der Waals surface area contributed by atoms with E-state index in [0.29, 0.717) is 22.5 Å². The summed E-state index contributed by atoms with van der Waals surface area (Å²) in [5, 5.41) is 12.1. The number of phenolic OH excluding ortho intramolecular Hbond substituents is 1. The highest BCUT2D eigenvalue weighted by atomic mass is 79.9. The zero-order chi connectivity index (χ0) is 36.5.